The summed E-state index contributed by atoms with van der Waals surface area (Å²) in [7, 11) is 0. The van der Waals surface area contributed by atoms with E-state index in [1.807, 2.05) is 12.3 Å². The van der Waals surface area contributed by atoms with E-state index in [4.69, 9.17) is 0 Å². The van der Waals surface area contributed by atoms with E-state index >= 15 is 0 Å². The van der Waals surface area contributed by atoms with Gasteiger partial charge in [-0.05, 0) is 39.8 Å². The van der Waals surface area contributed by atoms with Gasteiger partial charge < -0.3 is 5.32 Å². The molecule has 0 saturated carbocycles. The third-order valence-corrected chi connectivity index (χ3v) is 3.66. The number of hydrogen-bond donors (Lipinski definition) is 1. The highest BCUT2D eigenvalue weighted by atomic mass is 15.2. The maximum atomic E-state index is 4.39. The van der Waals surface area contributed by atoms with Crippen molar-refractivity contribution >= 4 is 16.6 Å². The first kappa shape index (κ1) is 14.8. The largest absolute Gasteiger partial charge is 0.383 e. The number of rotatable bonds is 6. The molecule has 1 aromatic carbocycles. The zero-order valence-corrected chi connectivity index (χ0v) is 12.9. The summed E-state index contributed by atoms with van der Waals surface area (Å²) in [6, 6.07) is 11.5. The Labute approximate surface area is 122 Å². The molecule has 3 heteroatoms. The van der Waals surface area contributed by atoms with Crippen LogP contribution in [0.4, 0.5) is 5.69 Å². The van der Waals surface area contributed by atoms with Crippen LogP contribution in [-0.2, 0) is 0 Å². The van der Waals surface area contributed by atoms with E-state index < -0.39 is 0 Å². The Morgan fingerprint density at radius 3 is 2.45 bits per heavy atom. The molecule has 20 heavy (non-hydrogen) atoms. The summed E-state index contributed by atoms with van der Waals surface area (Å²) in [5.74, 6) is 0. The van der Waals surface area contributed by atoms with Crippen molar-refractivity contribution in [3.63, 3.8) is 0 Å². The van der Waals surface area contributed by atoms with Crippen LogP contribution in [0.25, 0.3) is 10.9 Å². The molecule has 0 amide bonds. The second kappa shape index (κ2) is 6.71. The van der Waals surface area contributed by atoms with Gasteiger partial charge in [0.1, 0.15) is 0 Å². The number of nitrogens with one attached hydrogen (secondary N) is 1. The zero-order chi connectivity index (χ0) is 14.5. The fraction of sp³-hybridized carbons (Fsp3) is 0.471. The molecule has 0 bridgehead atoms. The van der Waals surface area contributed by atoms with Gasteiger partial charge in [-0.3, -0.25) is 9.88 Å². The molecular formula is C17H25N3. The molecule has 0 aliphatic heterocycles. The molecule has 0 atom stereocenters. The summed E-state index contributed by atoms with van der Waals surface area (Å²) in [6.07, 6.45) is 1.87. The number of benzene rings is 1. The molecule has 1 heterocycles. The molecule has 108 valence electrons. The third-order valence-electron chi connectivity index (χ3n) is 3.66. The molecule has 0 spiro atoms. The van der Waals surface area contributed by atoms with Gasteiger partial charge in [0, 0.05) is 42.4 Å². The van der Waals surface area contributed by atoms with E-state index in [2.05, 4.69) is 67.2 Å². The van der Waals surface area contributed by atoms with E-state index in [9.17, 15) is 0 Å². The summed E-state index contributed by atoms with van der Waals surface area (Å²) in [5.41, 5.74) is 2.21. The van der Waals surface area contributed by atoms with Crippen molar-refractivity contribution in [3.05, 3.63) is 36.5 Å². The molecule has 2 rings (SSSR count). The summed E-state index contributed by atoms with van der Waals surface area (Å²) < 4.78 is 0. The van der Waals surface area contributed by atoms with E-state index in [0.717, 1.165) is 18.6 Å². The molecule has 3 nitrogen and oxygen atoms in total. The quantitative estimate of drug-likeness (QED) is 0.867. The SMILES string of the molecule is CC(C)N(CCNc1ccnc2ccccc12)C(C)C. The highest BCUT2D eigenvalue weighted by Crippen LogP contribution is 2.20. The lowest BCUT2D eigenvalue weighted by molar-refractivity contribution is 0.182. The number of hydrogen-bond acceptors (Lipinski definition) is 3. The highest BCUT2D eigenvalue weighted by Gasteiger charge is 2.12. The topological polar surface area (TPSA) is 28.2 Å². The Morgan fingerprint density at radius 2 is 1.75 bits per heavy atom. The van der Waals surface area contributed by atoms with Crippen LogP contribution in [0.2, 0.25) is 0 Å². The highest BCUT2D eigenvalue weighted by molar-refractivity contribution is 5.90. The Kier molecular flexibility index (Phi) is 4.96. The van der Waals surface area contributed by atoms with Gasteiger partial charge in [0.05, 0.1) is 5.52 Å². The predicted octanol–water partition coefficient (Wildman–Crippen LogP) is 3.77. The van der Waals surface area contributed by atoms with Crippen LogP contribution in [0, 0.1) is 0 Å². The van der Waals surface area contributed by atoms with E-state index in [1.54, 1.807) is 0 Å². The number of para-hydroxylation sites is 1. The minimum Gasteiger partial charge on any atom is -0.383 e. The van der Waals surface area contributed by atoms with Crippen LogP contribution in [-0.4, -0.2) is 35.1 Å². The molecule has 1 N–H and O–H groups in total. The first-order valence-electron chi connectivity index (χ1n) is 7.43. The average molecular weight is 271 g/mol. The fourth-order valence-electron chi connectivity index (χ4n) is 2.68. The smallest absolute Gasteiger partial charge is 0.0722 e. The third kappa shape index (κ3) is 3.48. The van der Waals surface area contributed by atoms with Gasteiger partial charge in [-0.15, -0.1) is 0 Å². The molecular weight excluding hydrogens is 246 g/mol. The normalized spacial score (nSPS) is 11.8. The fourth-order valence-corrected chi connectivity index (χ4v) is 2.68. The monoisotopic (exact) mass is 271 g/mol. The minimum absolute atomic E-state index is 0.575. The Hall–Kier alpha value is -1.61. The van der Waals surface area contributed by atoms with Crippen LogP contribution < -0.4 is 5.32 Å². The summed E-state index contributed by atoms with van der Waals surface area (Å²) in [5, 5.41) is 4.74. The standard InChI is InChI=1S/C17H25N3/c1-13(2)20(14(3)4)12-11-19-17-9-10-18-16-8-6-5-7-15(16)17/h5-10,13-14H,11-12H2,1-4H3,(H,18,19). The summed E-state index contributed by atoms with van der Waals surface area (Å²) >= 11 is 0. The maximum Gasteiger partial charge on any atom is 0.0722 e. The maximum absolute atomic E-state index is 4.39. The van der Waals surface area contributed by atoms with Gasteiger partial charge in [-0.2, -0.15) is 0 Å². The number of nitrogens with zero attached hydrogens (tertiary/aromatic N) is 2. The van der Waals surface area contributed by atoms with Crippen LogP contribution >= 0.6 is 0 Å². The lowest BCUT2D eigenvalue weighted by Crippen LogP contribution is -2.40. The molecule has 0 radical (unpaired) electrons. The van der Waals surface area contributed by atoms with Gasteiger partial charge in [-0.1, -0.05) is 18.2 Å². The molecule has 0 fully saturated rings. The number of aromatic nitrogens is 1. The van der Waals surface area contributed by atoms with Gasteiger partial charge in [0.25, 0.3) is 0 Å². The van der Waals surface area contributed by atoms with Crippen molar-refractivity contribution in [3.8, 4) is 0 Å². The molecule has 0 aliphatic rings. The number of pyridine rings is 1. The Morgan fingerprint density at radius 1 is 1.05 bits per heavy atom. The first-order valence-corrected chi connectivity index (χ1v) is 7.43. The van der Waals surface area contributed by atoms with Crippen LogP contribution in [0.15, 0.2) is 36.5 Å². The van der Waals surface area contributed by atoms with Crippen molar-refractivity contribution in [2.24, 2.45) is 0 Å². The zero-order valence-electron chi connectivity index (χ0n) is 12.9. The van der Waals surface area contributed by atoms with Crippen molar-refractivity contribution in [1.82, 2.24) is 9.88 Å². The van der Waals surface area contributed by atoms with E-state index in [1.165, 1.54) is 11.1 Å². The molecule has 0 aliphatic carbocycles. The van der Waals surface area contributed by atoms with E-state index in [0.29, 0.717) is 12.1 Å². The number of fused-ring (bicyclic) bond motifs is 1. The summed E-state index contributed by atoms with van der Waals surface area (Å²) in [6.45, 7) is 11.0. The second-order valence-electron chi connectivity index (χ2n) is 5.73. The Bertz CT molecular complexity index is 535. The van der Waals surface area contributed by atoms with Crippen LogP contribution in [0.1, 0.15) is 27.7 Å². The minimum atomic E-state index is 0.575. The van der Waals surface area contributed by atoms with E-state index in [-0.39, 0.29) is 0 Å². The van der Waals surface area contributed by atoms with Crippen molar-refractivity contribution in [2.75, 3.05) is 18.4 Å². The second-order valence-corrected chi connectivity index (χ2v) is 5.73. The predicted molar refractivity (Wildman–Crippen MR) is 87.2 cm³/mol. The molecule has 0 unspecified atom stereocenters. The lowest BCUT2D eigenvalue weighted by Gasteiger charge is -2.30. The summed E-state index contributed by atoms with van der Waals surface area (Å²) in [4.78, 5) is 6.89. The lowest BCUT2D eigenvalue weighted by atomic mass is 10.2. The molecule has 2 aromatic rings. The molecule has 1 aromatic heterocycles. The van der Waals surface area contributed by atoms with Crippen LogP contribution in [0.5, 0.6) is 0 Å². The molecule has 0 saturated heterocycles. The van der Waals surface area contributed by atoms with Crippen molar-refractivity contribution < 1.29 is 0 Å². The van der Waals surface area contributed by atoms with Gasteiger partial charge in [0.2, 0.25) is 0 Å². The van der Waals surface area contributed by atoms with Crippen LogP contribution in [0.3, 0.4) is 0 Å². The number of anilines is 1. The Balaban J connectivity index is 2.03. The first-order chi connectivity index (χ1) is 9.59. The average Bonchev–Trinajstić information content (AvgIpc) is 2.42. The van der Waals surface area contributed by atoms with Gasteiger partial charge in [-0.25, -0.2) is 0 Å². The van der Waals surface area contributed by atoms with Gasteiger partial charge in [0.15, 0.2) is 0 Å². The van der Waals surface area contributed by atoms with Crippen molar-refractivity contribution in [2.45, 2.75) is 39.8 Å². The van der Waals surface area contributed by atoms with Gasteiger partial charge >= 0.3 is 0 Å². The van der Waals surface area contributed by atoms with Crippen molar-refractivity contribution in [1.29, 1.82) is 0 Å².